The molecule has 164 valence electrons. The van der Waals surface area contributed by atoms with Crippen molar-refractivity contribution < 1.29 is 9.59 Å². The van der Waals surface area contributed by atoms with Crippen molar-refractivity contribution in [1.29, 1.82) is 0 Å². The van der Waals surface area contributed by atoms with Crippen LogP contribution in [0.15, 0.2) is 36.5 Å². The lowest BCUT2D eigenvalue weighted by atomic mass is 9.89. The van der Waals surface area contributed by atoms with Crippen LogP contribution in [0.5, 0.6) is 0 Å². The van der Waals surface area contributed by atoms with Crippen LogP contribution in [0.25, 0.3) is 0 Å². The highest BCUT2D eigenvalue weighted by Crippen LogP contribution is 2.31. The molecule has 0 radical (unpaired) electrons. The normalized spacial score (nSPS) is 16.7. The molecule has 0 bridgehead atoms. The first kappa shape index (κ1) is 21.2. The highest BCUT2D eigenvalue weighted by atomic mass is 16.2. The third-order valence-corrected chi connectivity index (χ3v) is 6.25. The van der Waals surface area contributed by atoms with Gasteiger partial charge in [0.25, 0.3) is 5.91 Å². The van der Waals surface area contributed by atoms with E-state index >= 15 is 0 Å². The second-order valence-electron chi connectivity index (χ2n) is 8.56. The number of pyridine rings is 1. The van der Waals surface area contributed by atoms with E-state index in [0.717, 1.165) is 43.9 Å². The smallest absolute Gasteiger partial charge is 0.252 e. The third-order valence-electron chi connectivity index (χ3n) is 6.25. The van der Waals surface area contributed by atoms with Crippen LogP contribution >= 0.6 is 0 Å². The number of primary amides is 1. The summed E-state index contributed by atoms with van der Waals surface area (Å²) in [6.45, 7) is 4.44. The van der Waals surface area contributed by atoms with Gasteiger partial charge in [-0.15, -0.1) is 0 Å². The van der Waals surface area contributed by atoms with Crippen molar-refractivity contribution >= 4 is 29.0 Å². The van der Waals surface area contributed by atoms with E-state index in [-0.39, 0.29) is 5.91 Å². The molecule has 4 N–H and O–H groups in total. The number of aromatic nitrogens is 1. The summed E-state index contributed by atoms with van der Waals surface area (Å²) in [7, 11) is 0. The average molecular weight is 422 g/mol. The minimum Gasteiger partial charge on any atom is -0.384 e. The van der Waals surface area contributed by atoms with Crippen LogP contribution in [0.3, 0.4) is 0 Å². The Hall–Kier alpha value is -3.09. The zero-order valence-corrected chi connectivity index (χ0v) is 18.1. The molecule has 1 saturated carbocycles. The van der Waals surface area contributed by atoms with Crippen LogP contribution in [0.1, 0.15) is 60.9 Å². The molecule has 1 saturated heterocycles. The number of nitrogens with two attached hydrogens (primary N) is 1. The van der Waals surface area contributed by atoms with Crippen molar-refractivity contribution in [3.8, 4) is 0 Å². The van der Waals surface area contributed by atoms with Gasteiger partial charge in [0, 0.05) is 44.0 Å². The molecule has 2 fully saturated rings. The van der Waals surface area contributed by atoms with Crippen LogP contribution in [0.4, 0.5) is 17.2 Å². The Labute approximate surface area is 183 Å². The molecule has 2 aromatic rings. The Morgan fingerprint density at radius 2 is 1.84 bits per heavy atom. The quantitative estimate of drug-likeness (QED) is 0.601. The Morgan fingerprint density at radius 1 is 1.13 bits per heavy atom. The summed E-state index contributed by atoms with van der Waals surface area (Å²) in [5, 5.41) is 6.66. The number of amides is 2. The average Bonchev–Trinajstić information content (AvgIpc) is 3.62. The first-order chi connectivity index (χ1) is 15.0. The Bertz CT molecular complexity index is 931. The summed E-state index contributed by atoms with van der Waals surface area (Å²) in [4.78, 5) is 29.9. The van der Waals surface area contributed by atoms with Crippen LogP contribution in [-0.2, 0) is 4.79 Å². The van der Waals surface area contributed by atoms with Crippen molar-refractivity contribution in [1.82, 2.24) is 9.88 Å². The molecule has 0 atom stereocenters. The van der Waals surface area contributed by atoms with E-state index < -0.39 is 5.91 Å². The molecule has 0 unspecified atom stereocenters. The number of hydrogen-bond donors (Lipinski definition) is 3. The number of rotatable bonds is 8. The van der Waals surface area contributed by atoms with Gasteiger partial charge in [0.2, 0.25) is 5.91 Å². The molecular weight excluding hydrogens is 390 g/mol. The minimum atomic E-state index is -0.478. The van der Waals surface area contributed by atoms with E-state index in [0.29, 0.717) is 29.6 Å². The number of anilines is 3. The monoisotopic (exact) mass is 421 g/mol. The van der Waals surface area contributed by atoms with Crippen LogP contribution in [-0.4, -0.2) is 41.3 Å². The molecular formula is C24H31N5O2. The van der Waals surface area contributed by atoms with Gasteiger partial charge < -0.3 is 21.3 Å². The number of carbonyl (C=O) groups is 2. The molecule has 1 aromatic carbocycles. The van der Waals surface area contributed by atoms with E-state index in [1.807, 2.05) is 17.9 Å². The molecule has 7 nitrogen and oxygen atoms in total. The van der Waals surface area contributed by atoms with Crippen molar-refractivity contribution in [2.45, 2.75) is 44.9 Å². The number of benzene rings is 1. The minimum absolute atomic E-state index is 0.249. The Balaban J connectivity index is 1.39. The van der Waals surface area contributed by atoms with Crippen molar-refractivity contribution in [3.63, 3.8) is 0 Å². The van der Waals surface area contributed by atoms with Gasteiger partial charge in [0.05, 0.1) is 11.3 Å². The van der Waals surface area contributed by atoms with Gasteiger partial charge in [0.15, 0.2) is 0 Å². The van der Waals surface area contributed by atoms with Gasteiger partial charge >= 0.3 is 0 Å². The van der Waals surface area contributed by atoms with Gasteiger partial charge in [-0.1, -0.05) is 19.1 Å². The van der Waals surface area contributed by atoms with Crippen LogP contribution in [0.2, 0.25) is 0 Å². The topological polar surface area (TPSA) is 100 Å². The molecule has 2 amide bonds. The summed E-state index contributed by atoms with van der Waals surface area (Å²) < 4.78 is 0. The number of carbonyl (C=O) groups excluding carboxylic acids is 2. The van der Waals surface area contributed by atoms with E-state index in [1.54, 1.807) is 0 Å². The van der Waals surface area contributed by atoms with Crippen LogP contribution in [0, 0.1) is 5.92 Å². The fourth-order valence-electron chi connectivity index (χ4n) is 4.11. The zero-order valence-electron chi connectivity index (χ0n) is 18.1. The van der Waals surface area contributed by atoms with Crippen molar-refractivity contribution in [3.05, 3.63) is 47.7 Å². The van der Waals surface area contributed by atoms with Crippen LogP contribution < -0.4 is 16.4 Å². The molecule has 1 aliphatic heterocycles. The molecule has 1 aromatic heterocycles. The van der Waals surface area contributed by atoms with Gasteiger partial charge in [-0.25, -0.2) is 4.98 Å². The Morgan fingerprint density at radius 3 is 2.45 bits per heavy atom. The van der Waals surface area contributed by atoms with E-state index in [9.17, 15) is 9.59 Å². The second kappa shape index (κ2) is 9.37. The van der Waals surface area contributed by atoms with E-state index in [1.165, 1.54) is 24.6 Å². The number of nitrogens with one attached hydrogen (secondary N) is 2. The highest BCUT2D eigenvalue weighted by Gasteiger charge is 2.23. The Kier molecular flexibility index (Phi) is 6.39. The number of nitrogens with zero attached hydrogens (tertiary/aromatic N) is 2. The number of likely N-dealkylation sites (tertiary alicyclic amines) is 1. The molecule has 2 heterocycles. The molecule has 31 heavy (non-hydrogen) atoms. The lowest BCUT2D eigenvalue weighted by Crippen LogP contribution is -2.37. The standard InChI is InChI=1S/C24H31N5O2/c1-2-23(30)29-11-9-18(10-12-29)17-5-7-19(8-6-17)28-22-13-21(26-14-16-3-4-16)20(15-27-22)24(25)31/h5-8,13,15-16,18H,2-4,9-12,14H2,1H3,(H2,25,31)(H2,26,27,28). The molecule has 1 aliphatic carbocycles. The third kappa shape index (κ3) is 5.34. The number of piperidine rings is 1. The fraction of sp³-hybridized carbons (Fsp3) is 0.458. The van der Waals surface area contributed by atoms with E-state index in [4.69, 9.17) is 5.73 Å². The molecule has 4 rings (SSSR count). The first-order valence-electron chi connectivity index (χ1n) is 11.2. The van der Waals surface area contributed by atoms with Gasteiger partial charge in [-0.2, -0.15) is 0 Å². The first-order valence-corrected chi connectivity index (χ1v) is 11.2. The molecule has 7 heteroatoms. The highest BCUT2D eigenvalue weighted by molar-refractivity contribution is 5.98. The summed E-state index contributed by atoms with van der Waals surface area (Å²) in [5.41, 5.74) is 8.88. The maximum atomic E-state index is 11.9. The fourth-order valence-corrected chi connectivity index (χ4v) is 4.11. The molecule has 2 aliphatic rings. The van der Waals surface area contributed by atoms with Gasteiger partial charge in [-0.05, 0) is 55.2 Å². The number of hydrogen-bond acceptors (Lipinski definition) is 5. The molecule has 0 spiro atoms. The second-order valence-corrected chi connectivity index (χ2v) is 8.56. The largest absolute Gasteiger partial charge is 0.384 e. The summed E-state index contributed by atoms with van der Waals surface area (Å²) in [6.07, 6.45) is 6.58. The summed E-state index contributed by atoms with van der Waals surface area (Å²) >= 11 is 0. The lowest BCUT2D eigenvalue weighted by molar-refractivity contribution is -0.131. The van der Waals surface area contributed by atoms with Crippen molar-refractivity contribution in [2.75, 3.05) is 30.3 Å². The predicted molar refractivity (Wildman–Crippen MR) is 123 cm³/mol. The SMILES string of the molecule is CCC(=O)N1CCC(c2ccc(Nc3cc(NCC4CC4)c(C(N)=O)cn3)cc2)CC1. The van der Waals surface area contributed by atoms with Gasteiger partial charge in [-0.3, -0.25) is 9.59 Å². The summed E-state index contributed by atoms with van der Waals surface area (Å²) in [6, 6.07) is 10.2. The van der Waals surface area contributed by atoms with E-state index in [2.05, 4.69) is 39.9 Å². The maximum Gasteiger partial charge on any atom is 0.252 e. The predicted octanol–water partition coefficient (Wildman–Crippen LogP) is 3.86. The maximum absolute atomic E-state index is 11.9. The lowest BCUT2D eigenvalue weighted by Gasteiger charge is -2.32. The van der Waals surface area contributed by atoms with Gasteiger partial charge in [0.1, 0.15) is 5.82 Å². The van der Waals surface area contributed by atoms with Crippen molar-refractivity contribution in [2.24, 2.45) is 11.7 Å². The zero-order chi connectivity index (χ0) is 21.8. The summed E-state index contributed by atoms with van der Waals surface area (Å²) in [5.74, 6) is 1.61.